The van der Waals surface area contributed by atoms with Crippen LogP contribution < -0.4 is 10.1 Å². The zero-order chi connectivity index (χ0) is 18.7. The topological polar surface area (TPSA) is 75.7 Å². The summed E-state index contributed by atoms with van der Waals surface area (Å²) < 4.78 is 32.4. The van der Waals surface area contributed by atoms with Crippen LogP contribution in [0.2, 0.25) is 0 Å². The lowest BCUT2D eigenvalue weighted by Crippen LogP contribution is -2.58. The van der Waals surface area contributed by atoms with Gasteiger partial charge in [0.2, 0.25) is 15.9 Å². The molecular weight excluding hydrogens is 352 g/mol. The average molecular weight is 381 g/mol. The summed E-state index contributed by atoms with van der Waals surface area (Å²) >= 11 is 0. The molecule has 3 fully saturated rings. The molecule has 0 radical (unpaired) electrons. The highest BCUT2D eigenvalue weighted by Crippen LogP contribution is 2.41. The van der Waals surface area contributed by atoms with E-state index >= 15 is 0 Å². The van der Waals surface area contributed by atoms with Gasteiger partial charge < -0.3 is 10.1 Å². The number of anilines is 1. The van der Waals surface area contributed by atoms with E-state index < -0.39 is 10.0 Å². The van der Waals surface area contributed by atoms with Gasteiger partial charge in [0.25, 0.3) is 0 Å². The maximum atomic E-state index is 12.9. The minimum absolute atomic E-state index is 0.111. The van der Waals surface area contributed by atoms with Crippen molar-refractivity contribution in [3.8, 4) is 5.75 Å². The predicted octanol–water partition coefficient (Wildman–Crippen LogP) is 2.86. The Bertz CT molecular complexity index is 750. The molecule has 2 aliphatic heterocycles. The summed E-state index contributed by atoms with van der Waals surface area (Å²) in [5.74, 6) is 0.635. The van der Waals surface area contributed by atoms with E-state index in [1.54, 1.807) is 23.5 Å². The second-order valence-electron chi connectivity index (χ2n) is 7.28. The van der Waals surface area contributed by atoms with Crippen molar-refractivity contribution in [2.24, 2.45) is 11.8 Å². The van der Waals surface area contributed by atoms with E-state index in [4.69, 9.17) is 4.74 Å². The van der Waals surface area contributed by atoms with Gasteiger partial charge in [-0.15, -0.1) is 0 Å². The molecule has 144 valence electrons. The summed E-state index contributed by atoms with van der Waals surface area (Å²) in [6.45, 7) is 2.55. The number of hydrogen-bond donors (Lipinski definition) is 1. The molecule has 4 rings (SSSR count). The Morgan fingerprint density at radius 2 is 2.08 bits per heavy atom. The number of benzene rings is 1. The molecule has 0 spiro atoms. The number of fused-ring (bicyclic) bond motifs is 3. The van der Waals surface area contributed by atoms with Crippen molar-refractivity contribution in [1.29, 1.82) is 0 Å². The van der Waals surface area contributed by atoms with Crippen LogP contribution in [0.5, 0.6) is 5.75 Å². The molecule has 1 amide bonds. The number of carbonyl (C=O) groups is 1. The van der Waals surface area contributed by atoms with Crippen LogP contribution in [0.25, 0.3) is 0 Å². The van der Waals surface area contributed by atoms with Crippen LogP contribution in [-0.2, 0) is 14.8 Å². The van der Waals surface area contributed by atoms with Crippen molar-refractivity contribution in [3.63, 3.8) is 0 Å². The number of amides is 1. The average Bonchev–Trinajstić information content (AvgIpc) is 2.67. The smallest absolute Gasteiger partial charge is 0.229 e. The summed E-state index contributed by atoms with van der Waals surface area (Å²) in [7, 11) is -1.73. The molecule has 6 nitrogen and oxygen atoms in total. The predicted molar refractivity (Wildman–Crippen MR) is 102 cm³/mol. The Labute approximate surface area is 156 Å². The Kier molecular flexibility index (Phi) is 5.87. The van der Waals surface area contributed by atoms with Crippen LogP contribution in [0.4, 0.5) is 5.69 Å². The highest BCUT2D eigenvalue weighted by Gasteiger charge is 2.48. The molecule has 3 unspecified atom stereocenters. The number of piperidine rings is 2. The summed E-state index contributed by atoms with van der Waals surface area (Å²) in [5.41, 5.74) is 0.627. The molecule has 26 heavy (non-hydrogen) atoms. The highest BCUT2D eigenvalue weighted by molar-refractivity contribution is 7.89. The fourth-order valence-electron chi connectivity index (χ4n) is 4.16. The lowest BCUT2D eigenvalue weighted by atomic mass is 9.73. The summed E-state index contributed by atoms with van der Waals surface area (Å²) in [6, 6.07) is 7.06. The molecule has 0 aromatic heterocycles. The quantitative estimate of drug-likeness (QED) is 0.789. The number of para-hydroxylation sites is 2. The first-order chi connectivity index (χ1) is 12.5. The number of methoxy groups -OCH3 is 1. The van der Waals surface area contributed by atoms with Crippen LogP contribution >= 0.6 is 0 Å². The number of ether oxygens (including phenoxy) is 1. The minimum Gasteiger partial charge on any atom is -0.495 e. The van der Waals surface area contributed by atoms with E-state index in [2.05, 4.69) is 5.32 Å². The highest BCUT2D eigenvalue weighted by atomic mass is 32.2. The van der Waals surface area contributed by atoms with Crippen molar-refractivity contribution < 1.29 is 17.9 Å². The van der Waals surface area contributed by atoms with Crippen molar-refractivity contribution in [1.82, 2.24) is 4.31 Å². The molecule has 3 aliphatic rings. The molecule has 1 N–H and O–H groups in total. The van der Waals surface area contributed by atoms with Gasteiger partial charge in [-0.05, 0) is 43.7 Å². The molecule has 2 saturated heterocycles. The standard InChI is InChI=1S/C19H28N2O4S/c1-3-4-11-26(23,24)21-13-14-9-10-17(21)15(12-14)19(22)20-16-7-5-6-8-18(16)25-2/h5-8,14-15,17H,3-4,9-13H2,1-2H3,(H,20,22). The number of sulfonamides is 1. The van der Waals surface area contributed by atoms with Gasteiger partial charge in [-0.2, -0.15) is 4.31 Å². The molecule has 1 saturated carbocycles. The van der Waals surface area contributed by atoms with Gasteiger partial charge in [0.1, 0.15) is 5.75 Å². The van der Waals surface area contributed by atoms with E-state index in [0.29, 0.717) is 24.4 Å². The maximum Gasteiger partial charge on any atom is 0.229 e. The van der Waals surface area contributed by atoms with Crippen molar-refractivity contribution >= 4 is 21.6 Å². The van der Waals surface area contributed by atoms with E-state index in [0.717, 1.165) is 25.7 Å². The number of nitrogens with one attached hydrogen (secondary N) is 1. The molecule has 2 heterocycles. The Balaban J connectivity index is 1.76. The van der Waals surface area contributed by atoms with E-state index in [9.17, 15) is 13.2 Å². The Morgan fingerprint density at radius 3 is 2.77 bits per heavy atom. The first-order valence-electron chi connectivity index (χ1n) is 9.39. The fraction of sp³-hybridized carbons (Fsp3) is 0.632. The maximum absolute atomic E-state index is 12.9. The summed E-state index contributed by atoms with van der Waals surface area (Å²) in [5, 5.41) is 2.95. The molecular formula is C19H28N2O4S. The number of rotatable bonds is 7. The first kappa shape index (κ1) is 19.2. The first-order valence-corrected chi connectivity index (χ1v) is 11.0. The third-order valence-electron chi connectivity index (χ3n) is 5.55. The van der Waals surface area contributed by atoms with Crippen LogP contribution in [0.1, 0.15) is 39.0 Å². The van der Waals surface area contributed by atoms with E-state index in [-0.39, 0.29) is 29.5 Å². The molecule has 2 bridgehead atoms. The molecule has 1 aliphatic carbocycles. The van der Waals surface area contributed by atoms with Crippen LogP contribution in [0.3, 0.4) is 0 Å². The number of unbranched alkanes of at least 4 members (excludes halogenated alkanes) is 1. The second-order valence-corrected chi connectivity index (χ2v) is 9.32. The largest absolute Gasteiger partial charge is 0.495 e. The summed E-state index contributed by atoms with van der Waals surface area (Å²) in [6.07, 6.45) is 4.03. The number of nitrogens with zero attached hydrogens (tertiary/aromatic N) is 1. The van der Waals surface area contributed by atoms with Gasteiger partial charge in [-0.25, -0.2) is 8.42 Å². The second kappa shape index (κ2) is 7.96. The zero-order valence-corrected chi connectivity index (χ0v) is 16.3. The monoisotopic (exact) mass is 380 g/mol. The van der Waals surface area contributed by atoms with Gasteiger partial charge in [0, 0.05) is 12.6 Å². The zero-order valence-electron chi connectivity index (χ0n) is 15.5. The third kappa shape index (κ3) is 3.88. The van der Waals surface area contributed by atoms with Gasteiger partial charge in [0.15, 0.2) is 0 Å². The summed E-state index contributed by atoms with van der Waals surface area (Å²) in [4.78, 5) is 12.9. The minimum atomic E-state index is -3.30. The van der Waals surface area contributed by atoms with Gasteiger partial charge in [-0.3, -0.25) is 4.79 Å². The lowest BCUT2D eigenvalue weighted by Gasteiger charge is -2.48. The number of hydrogen-bond acceptors (Lipinski definition) is 4. The van der Waals surface area contributed by atoms with E-state index in [1.165, 1.54) is 0 Å². The van der Waals surface area contributed by atoms with Gasteiger partial charge in [0.05, 0.1) is 24.5 Å². The molecule has 3 atom stereocenters. The fourth-order valence-corrected chi connectivity index (χ4v) is 6.15. The van der Waals surface area contributed by atoms with Crippen LogP contribution in [0, 0.1) is 11.8 Å². The SMILES string of the molecule is CCCCS(=O)(=O)N1CC2CCC1C(C(=O)Nc1ccccc1OC)C2. The third-order valence-corrected chi connectivity index (χ3v) is 7.48. The van der Waals surface area contributed by atoms with Crippen LogP contribution in [-0.4, -0.2) is 44.1 Å². The van der Waals surface area contributed by atoms with Crippen molar-refractivity contribution in [2.75, 3.05) is 24.7 Å². The normalized spacial score (nSPS) is 25.8. The number of carbonyl (C=O) groups excluding carboxylic acids is 1. The van der Waals surface area contributed by atoms with E-state index in [1.807, 2.05) is 19.1 Å². The molecule has 1 aromatic carbocycles. The lowest BCUT2D eigenvalue weighted by molar-refractivity contribution is -0.125. The Morgan fingerprint density at radius 1 is 1.31 bits per heavy atom. The Hall–Kier alpha value is -1.60. The van der Waals surface area contributed by atoms with Crippen molar-refractivity contribution in [3.05, 3.63) is 24.3 Å². The molecule has 7 heteroatoms. The van der Waals surface area contributed by atoms with Gasteiger partial charge >= 0.3 is 0 Å². The van der Waals surface area contributed by atoms with Gasteiger partial charge in [-0.1, -0.05) is 25.5 Å². The van der Waals surface area contributed by atoms with Crippen LogP contribution in [0.15, 0.2) is 24.3 Å². The molecule has 1 aromatic rings. The van der Waals surface area contributed by atoms with Crippen molar-refractivity contribution in [2.45, 2.75) is 45.1 Å².